The van der Waals surface area contributed by atoms with Crippen LogP contribution < -0.4 is 10.4 Å². The molecule has 284 valence electrons. The Labute approximate surface area is 307 Å². The lowest BCUT2D eigenvalue weighted by Gasteiger charge is -2.44. The minimum atomic E-state index is -2.61. The van der Waals surface area contributed by atoms with Crippen molar-refractivity contribution in [3.63, 3.8) is 0 Å². The molecule has 2 aromatic rings. The van der Waals surface area contributed by atoms with Gasteiger partial charge < -0.3 is 37.6 Å². The SMILES string of the molecule is COCCOCO[C@@H]1C[C@@H]([C@@H](/C=C/C(=O)OC)OCOCCOC)[C@H](/C=C/CCC[C@H](C)O[Si](c2ccccc2)(c2ccccc2)C(C)(C)C)C1. The largest absolute Gasteiger partial charge is 0.466 e. The van der Waals surface area contributed by atoms with E-state index in [-0.39, 0.29) is 48.8 Å². The lowest BCUT2D eigenvalue weighted by atomic mass is 9.89. The Bertz CT molecular complexity index is 1240. The summed E-state index contributed by atoms with van der Waals surface area (Å²) in [5, 5.41) is 2.53. The maximum atomic E-state index is 12.0. The molecule has 0 radical (unpaired) electrons. The van der Waals surface area contributed by atoms with Gasteiger partial charge in [0.05, 0.1) is 45.7 Å². The van der Waals surface area contributed by atoms with Crippen LogP contribution in [-0.4, -0.2) is 93.9 Å². The molecule has 5 atom stereocenters. The van der Waals surface area contributed by atoms with Crippen LogP contribution in [0.2, 0.25) is 5.04 Å². The summed E-state index contributed by atoms with van der Waals surface area (Å²) < 4.78 is 45.9. The monoisotopic (exact) mass is 726 g/mol. The number of allylic oxidation sites excluding steroid dienone is 2. The third-order valence-electron chi connectivity index (χ3n) is 9.42. The van der Waals surface area contributed by atoms with E-state index in [1.54, 1.807) is 20.3 Å². The van der Waals surface area contributed by atoms with Crippen molar-refractivity contribution >= 4 is 24.7 Å². The van der Waals surface area contributed by atoms with Gasteiger partial charge >= 0.3 is 5.97 Å². The predicted octanol–water partition coefficient (Wildman–Crippen LogP) is 6.44. The van der Waals surface area contributed by atoms with E-state index in [4.69, 9.17) is 37.6 Å². The minimum Gasteiger partial charge on any atom is -0.466 e. The van der Waals surface area contributed by atoms with Crippen molar-refractivity contribution in [2.24, 2.45) is 11.8 Å². The van der Waals surface area contributed by atoms with Crippen molar-refractivity contribution in [2.45, 2.75) is 83.1 Å². The van der Waals surface area contributed by atoms with Crippen molar-refractivity contribution in [2.75, 3.05) is 61.3 Å². The summed E-state index contributed by atoms with van der Waals surface area (Å²) in [6, 6.07) is 21.6. The van der Waals surface area contributed by atoms with Gasteiger partial charge in [-0.2, -0.15) is 0 Å². The molecule has 51 heavy (non-hydrogen) atoms. The molecule has 1 fully saturated rings. The van der Waals surface area contributed by atoms with Crippen LogP contribution in [0.25, 0.3) is 0 Å². The number of hydrogen-bond donors (Lipinski definition) is 0. The van der Waals surface area contributed by atoms with E-state index in [1.807, 2.05) is 0 Å². The topological polar surface area (TPSA) is 90.9 Å². The molecule has 0 bridgehead atoms. The number of carbonyl (C=O) groups excluding carboxylic acids is 1. The number of esters is 1. The molecule has 1 aliphatic carbocycles. The van der Waals surface area contributed by atoms with E-state index in [9.17, 15) is 4.79 Å². The Morgan fingerprint density at radius 1 is 0.863 bits per heavy atom. The summed E-state index contributed by atoms with van der Waals surface area (Å²) in [5.74, 6) is -0.191. The third-order valence-corrected chi connectivity index (χ3v) is 14.6. The molecule has 0 N–H and O–H groups in total. The van der Waals surface area contributed by atoms with E-state index in [0.29, 0.717) is 26.4 Å². The Kier molecular flexibility index (Phi) is 19.3. The molecule has 9 nitrogen and oxygen atoms in total. The van der Waals surface area contributed by atoms with Crippen molar-refractivity contribution in [1.29, 1.82) is 0 Å². The van der Waals surface area contributed by atoms with Crippen LogP contribution in [0.4, 0.5) is 0 Å². The zero-order valence-electron chi connectivity index (χ0n) is 31.9. The minimum absolute atomic E-state index is 0.0147. The third kappa shape index (κ3) is 13.7. The molecular weight excluding hydrogens is 665 g/mol. The standard InChI is InChI=1S/C41H62O9Si/c1-33(50-51(41(2,3)4,36-19-13-9-14-20-36)37-21-15-10-16-22-37)17-11-8-12-18-34-29-35(48-31-46-27-25-43-5)30-38(34)39(23-24-40(42)45-7)49-32-47-28-26-44-6/h9-10,12-16,18-24,33-35,38-39H,8,11,17,25-32H2,1-7H3/b18-12+,24-23+/t33-,34+,35-,38+,39+/m0/s1. The first-order valence-corrected chi connectivity index (χ1v) is 20.1. The van der Waals surface area contributed by atoms with Gasteiger partial charge in [0.2, 0.25) is 0 Å². The zero-order chi connectivity index (χ0) is 37.0. The van der Waals surface area contributed by atoms with E-state index in [2.05, 4.69) is 101 Å². The van der Waals surface area contributed by atoms with Crippen LogP contribution in [0.3, 0.4) is 0 Å². The highest BCUT2D eigenvalue weighted by Gasteiger charge is 2.51. The van der Waals surface area contributed by atoms with Crippen molar-refractivity contribution in [1.82, 2.24) is 0 Å². The molecule has 0 unspecified atom stereocenters. The second-order valence-corrected chi connectivity index (χ2v) is 18.3. The molecule has 0 aliphatic heterocycles. The number of unbranched alkanes of at least 4 members (excludes halogenated alkanes) is 1. The second-order valence-electron chi connectivity index (χ2n) is 14.1. The van der Waals surface area contributed by atoms with E-state index >= 15 is 0 Å². The van der Waals surface area contributed by atoms with Gasteiger partial charge in [-0.15, -0.1) is 0 Å². The Hall–Kier alpha value is -2.67. The van der Waals surface area contributed by atoms with Gasteiger partial charge in [0.25, 0.3) is 8.32 Å². The number of methoxy groups -OCH3 is 3. The maximum Gasteiger partial charge on any atom is 0.330 e. The molecule has 3 rings (SSSR count). The van der Waals surface area contributed by atoms with Crippen LogP contribution >= 0.6 is 0 Å². The number of ether oxygens (including phenoxy) is 7. The summed E-state index contributed by atoms with van der Waals surface area (Å²) in [4.78, 5) is 12.0. The first-order chi connectivity index (χ1) is 24.7. The van der Waals surface area contributed by atoms with Crippen LogP contribution in [0.5, 0.6) is 0 Å². The quantitative estimate of drug-likeness (QED) is 0.0303. The first-order valence-electron chi connectivity index (χ1n) is 18.2. The van der Waals surface area contributed by atoms with Crippen LogP contribution in [0, 0.1) is 11.8 Å². The molecule has 1 saturated carbocycles. The summed E-state index contributed by atoms with van der Waals surface area (Å²) in [5.41, 5.74) is 0. The van der Waals surface area contributed by atoms with Gasteiger partial charge in [0.1, 0.15) is 13.6 Å². The maximum absolute atomic E-state index is 12.0. The normalized spacial score (nSPS) is 19.5. The lowest BCUT2D eigenvalue weighted by molar-refractivity contribution is -0.135. The average Bonchev–Trinajstić information content (AvgIpc) is 3.53. The summed E-state index contributed by atoms with van der Waals surface area (Å²) in [6.45, 7) is 11.3. The van der Waals surface area contributed by atoms with Crippen molar-refractivity contribution < 1.29 is 42.4 Å². The fraction of sp³-hybridized carbons (Fsp3) is 0.585. The Balaban J connectivity index is 1.70. The fourth-order valence-corrected chi connectivity index (χ4v) is 11.6. The van der Waals surface area contributed by atoms with Crippen molar-refractivity contribution in [3.8, 4) is 0 Å². The first kappa shape index (κ1) is 42.7. The Morgan fingerprint density at radius 3 is 2.04 bits per heavy atom. The van der Waals surface area contributed by atoms with Crippen molar-refractivity contribution in [3.05, 3.63) is 85.0 Å². The summed E-state index contributed by atoms with van der Waals surface area (Å²) in [6.07, 6.45) is 11.9. The van der Waals surface area contributed by atoms with Crippen LogP contribution in [0.15, 0.2) is 85.0 Å². The molecule has 10 heteroatoms. The fourth-order valence-electron chi connectivity index (χ4n) is 6.87. The van der Waals surface area contributed by atoms with Gasteiger partial charge in [0.15, 0.2) is 0 Å². The van der Waals surface area contributed by atoms with Gasteiger partial charge in [-0.1, -0.05) is 93.6 Å². The van der Waals surface area contributed by atoms with E-state index < -0.39 is 14.3 Å². The van der Waals surface area contributed by atoms with Gasteiger partial charge in [-0.25, -0.2) is 4.79 Å². The second kappa shape index (κ2) is 23.1. The molecule has 0 spiro atoms. The van der Waals surface area contributed by atoms with Crippen LogP contribution in [-0.2, 0) is 42.4 Å². The number of hydrogen-bond acceptors (Lipinski definition) is 9. The smallest absolute Gasteiger partial charge is 0.330 e. The zero-order valence-corrected chi connectivity index (χ0v) is 32.9. The van der Waals surface area contributed by atoms with Crippen LogP contribution in [0.1, 0.15) is 59.8 Å². The average molecular weight is 727 g/mol. The van der Waals surface area contributed by atoms with Gasteiger partial charge in [-0.3, -0.25) is 0 Å². The van der Waals surface area contributed by atoms with E-state index in [0.717, 1.165) is 32.1 Å². The summed E-state index contributed by atoms with van der Waals surface area (Å²) >= 11 is 0. The molecular formula is C41H62O9Si. The Morgan fingerprint density at radius 2 is 1.47 bits per heavy atom. The number of carbonyl (C=O) groups is 1. The predicted molar refractivity (Wildman–Crippen MR) is 204 cm³/mol. The van der Waals surface area contributed by atoms with Gasteiger partial charge in [0, 0.05) is 26.4 Å². The molecule has 0 saturated heterocycles. The summed E-state index contributed by atoms with van der Waals surface area (Å²) in [7, 11) is 2.03. The van der Waals surface area contributed by atoms with E-state index in [1.165, 1.54) is 23.6 Å². The molecule has 0 aromatic heterocycles. The van der Waals surface area contributed by atoms with Gasteiger partial charge in [-0.05, 0) is 72.4 Å². The number of rotatable bonds is 24. The highest BCUT2D eigenvalue weighted by Crippen LogP contribution is 2.40. The number of benzene rings is 2. The molecule has 0 heterocycles. The lowest BCUT2D eigenvalue weighted by Crippen LogP contribution is -2.67. The highest BCUT2D eigenvalue weighted by molar-refractivity contribution is 6.99. The molecule has 1 aliphatic rings. The highest BCUT2D eigenvalue weighted by atomic mass is 28.4. The molecule has 0 amide bonds. The molecule has 2 aromatic carbocycles.